The predicted molar refractivity (Wildman–Crippen MR) is 117 cm³/mol. The Hall–Kier alpha value is -2.24. The van der Waals surface area contributed by atoms with Gasteiger partial charge in [0.2, 0.25) is 0 Å². The van der Waals surface area contributed by atoms with Gasteiger partial charge in [0.25, 0.3) is 0 Å². The zero-order chi connectivity index (χ0) is 22.9. The first-order chi connectivity index (χ1) is 13.9. The van der Waals surface area contributed by atoms with E-state index in [4.69, 9.17) is 5.11 Å². The maximum absolute atomic E-state index is 11.2. The van der Waals surface area contributed by atoms with Crippen molar-refractivity contribution in [2.45, 2.75) is 91.9 Å². The smallest absolute Gasteiger partial charge is 0.309 e. The van der Waals surface area contributed by atoms with E-state index in [0.29, 0.717) is 31.2 Å². The number of unbranched alkanes of at least 4 members (excludes halogenated alkanes) is 4. The van der Waals surface area contributed by atoms with Gasteiger partial charge in [0.15, 0.2) is 0 Å². The summed E-state index contributed by atoms with van der Waals surface area (Å²) >= 11 is 0. The zero-order valence-electron chi connectivity index (χ0n) is 18.8. The standard InChI is InChI=1S/C24H38O6/c1-23(2,21(27)28)13-9-6-5-7-11-17-15-19(25)16-18(20(17)26)12-8-10-14-24(3,4)22(29)30/h15-16,25-26H,5-14H2,1-4H3,(H,27,28)(H,29,30). The largest absolute Gasteiger partial charge is 0.508 e. The molecular formula is C24H38O6. The second-order valence-corrected chi connectivity index (χ2v) is 9.61. The fraction of sp³-hybridized carbons (Fsp3) is 0.667. The molecule has 6 heteroatoms. The van der Waals surface area contributed by atoms with Gasteiger partial charge in [0.05, 0.1) is 10.8 Å². The second kappa shape index (κ2) is 11.2. The van der Waals surface area contributed by atoms with E-state index in [2.05, 4.69) is 0 Å². The van der Waals surface area contributed by atoms with Crippen LogP contribution in [0.5, 0.6) is 11.5 Å². The number of rotatable bonds is 14. The first-order valence-electron chi connectivity index (χ1n) is 10.9. The summed E-state index contributed by atoms with van der Waals surface area (Å²) in [4.78, 5) is 22.3. The molecule has 0 aliphatic heterocycles. The van der Waals surface area contributed by atoms with Gasteiger partial charge in [-0.05, 0) is 89.5 Å². The summed E-state index contributed by atoms with van der Waals surface area (Å²) in [6.45, 7) is 6.90. The number of aromatic hydroxyl groups is 2. The van der Waals surface area contributed by atoms with Gasteiger partial charge >= 0.3 is 11.9 Å². The van der Waals surface area contributed by atoms with Crippen LogP contribution >= 0.6 is 0 Å². The average molecular weight is 423 g/mol. The molecule has 0 aliphatic rings. The molecule has 1 rings (SSSR count). The molecule has 0 atom stereocenters. The molecular weight excluding hydrogens is 384 g/mol. The monoisotopic (exact) mass is 422 g/mol. The van der Waals surface area contributed by atoms with Crippen LogP contribution in [-0.4, -0.2) is 32.4 Å². The van der Waals surface area contributed by atoms with Gasteiger partial charge in [-0.1, -0.05) is 25.7 Å². The molecule has 0 heterocycles. The minimum absolute atomic E-state index is 0.131. The van der Waals surface area contributed by atoms with Crippen LogP contribution in [-0.2, 0) is 22.4 Å². The van der Waals surface area contributed by atoms with Crippen molar-refractivity contribution >= 4 is 11.9 Å². The molecule has 30 heavy (non-hydrogen) atoms. The third-order valence-corrected chi connectivity index (χ3v) is 5.91. The maximum Gasteiger partial charge on any atom is 0.309 e. The van der Waals surface area contributed by atoms with Gasteiger partial charge in [-0.15, -0.1) is 0 Å². The van der Waals surface area contributed by atoms with Crippen molar-refractivity contribution in [1.82, 2.24) is 0 Å². The molecule has 1 aromatic carbocycles. The lowest BCUT2D eigenvalue weighted by molar-refractivity contribution is -0.148. The zero-order valence-corrected chi connectivity index (χ0v) is 18.8. The SMILES string of the molecule is CC(C)(CCCCCCc1cc(O)cc(CCCCC(C)(C)C(=O)O)c1O)C(=O)O. The summed E-state index contributed by atoms with van der Waals surface area (Å²) in [5.41, 5.74) is -0.0351. The number of hydrogen-bond donors (Lipinski definition) is 4. The normalized spacial score (nSPS) is 12.1. The van der Waals surface area contributed by atoms with Crippen LogP contribution in [0.25, 0.3) is 0 Å². The summed E-state index contributed by atoms with van der Waals surface area (Å²) < 4.78 is 0. The van der Waals surface area contributed by atoms with Crippen LogP contribution in [0.4, 0.5) is 0 Å². The van der Waals surface area contributed by atoms with Crippen LogP contribution in [0, 0.1) is 10.8 Å². The predicted octanol–water partition coefficient (Wildman–Crippen LogP) is 5.53. The van der Waals surface area contributed by atoms with Crippen LogP contribution in [0.15, 0.2) is 12.1 Å². The number of benzene rings is 1. The second-order valence-electron chi connectivity index (χ2n) is 9.61. The van der Waals surface area contributed by atoms with E-state index in [1.54, 1.807) is 39.8 Å². The van der Waals surface area contributed by atoms with Crippen LogP contribution in [0.3, 0.4) is 0 Å². The van der Waals surface area contributed by atoms with Crippen LogP contribution < -0.4 is 0 Å². The van der Waals surface area contributed by atoms with Crippen molar-refractivity contribution in [2.75, 3.05) is 0 Å². The molecule has 170 valence electrons. The molecule has 0 aliphatic carbocycles. The van der Waals surface area contributed by atoms with Crippen molar-refractivity contribution in [3.63, 3.8) is 0 Å². The Labute approximate surface area is 180 Å². The number of aliphatic carboxylic acids is 2. The van der Waals surface area contributed by atoms with Gasteiger partial charge in [-0.2, -0.15) is 0 Å². The fourth-order valence-electron chi connectivity index (χ4n) is 3.45. The molecule has 4 N–H and O–H groups in total. The lowest BCUT2D eigenvalue weighted by atomic mass is 9.86. The Bertz CT molecular complexity index is 721. The molecule has 0 bridgehead atoms. The van der Waals surface area contributed by atoms with E-state index < -0.39 is 22.8 Å². The summed E-state index contributed by atoms with van der Waals surface area (Å²) in [6.07, 6.45) is 7.50. The van der Waals surface area contributed by atoms with Gasteiger partial charge in [0.1, 0.15) is 11.5 Å². The van der Waals surface area contributed by atoms with Crippen molar-refractivity contribution in [1.29, 1.82) is 0 Å². The van der Waals surface area contributed by atoms with Crippen molar-refractivity contribution in [3.05, 3.63) is 23.3 Å². The maximum atomic E-state index is 11.2. The highest BCUT2D eigenvalue weighted by atomic mass is 16.4. The van der Waals surface area contributed by atoms with Gasteiger partial charge in [-0.3, -0.25) is 9.59 Å². The molecule has 0 unspecified atom stereocenters. The van der Waals surface area contributed by atoms with E-state index in [-0.39, 0.29) is 11.5 Å². The third kappa shape index (κ3) is 8.25. The highest BCUT2D eigenvalue weighted by Crippen LogP contribution is 2.32. The molecule has 0 spiro atoms. The van der Waals surface area contributed by atoms with E-state index in [1.807, 2.05) is 0 Å². The third-order valence-electron chi connectivity index (χ3n) is 5.91. The van der Waals surface area contributed by atoms with E-state index >= 15 is 0 Å². The topological polar surface area (TPSA) is 115 Å². The highest BCUT2D eigenvalue weighted by molar-refractivity contribution is 5.73. The summed E-state index contributed by atoms with van der Waals surface area (Å²) in [5, 5.41) is 38.9. The number of hydrogen-bond acceptors (Lipinski definition) is 4. The highest BCUT2D eigenvalue weighted by Gasteiger charge is 2.26. The molecule has 0 saturated heterocycles. The molecule has 0 radical (unpaired) electrons. The van der Waals surface area contributed by atoms with E-state index in [1.165, 1.54) is 0 Å². The quantitative estimate of drug-likeness (QED) is 0.232. The number of carboxylic acids is 2. The number of carbonyl (C=O) groups is 2. The van der Waals surface area contributed by atoms with Crippen molar-refractivity contribution in [2.24, 2.45) is 10.8 Å². The summed E-state index contributed by atoms with van der Waals surface area (Å²) in [7, 11) is 0. The van der Waals surface area contributed by atoms with Crippen LogP contribution in [0.2, 0.25) is 0 Å². The van der Waals surface area contributed by atoms with Gasteiger partial charge in [-0.25, -0.2) is 0 Å². The molecule has 0 fully saturated rings. The Morgan fingerprint density at radius 1 is 0.700 bits per heavy atom. The first kappa shape index (κ1) is 25.8. The first-order valence-corrected chi connectivity index (χ1v) is 10.9. The number of phenols is 2. The minimum atomic E-state index is -0.809. The van der Waals surface area contributed by atoms with Gasteiger partial charge in [0, 0.05) is 0 Å². The summed E-state index contributed by atoms with van der Waals surface area (Å²) in [6, 6.07) is 3.18. The molecule has 0 aromatic heterocycles. The minimum Gasteiger partial charge on any atom is -0.508 e. The lowest BCUT2D eigenvalue weighted by Gasteiger charge is -2.19. The molecule has 1 aromatic rings. The molecule has 6 nitrogen and oxygen atoms in total. The van der Waals surface area contributed by atoms with Crippen molar-refractivity contribution < 1.29 is 30.0 Å². The average Bonchev–Trinajstić information content (AvgIpc) is 2.64. The Morgan fingerprint density at radius 3 is 1.50 bits per heavy atom. The number of carboxylic acid groups (broad SMARTS) is 2. The Kier molecular flexibility index (Phi) is 9.66. The van der Waals surface area contributed by atoms with Crippen molar-refractivity contribution in [3.8, 4) is 11.5 Å². The lowest BCUT2D eigenvalue weighted by Crippen LogP contribution is -2.23. The van der Waals surface area contributed by atoms with Crippen LogP contribution in [0.1, 0.15) is 90.2 Å². The van der Waals surface area contributed by atoms with E-state index in [9.17, 15) is 24.9 Å². The summed E-state index contributed by atoms with van der Waals surface area (Å²) in [5.74, 6) is -1.23. The van der Waals surface area contributed by atoms with E-state index in [0.717, 1.165) is 44.1 Å². The molecule has 0 amide bonds. The van der Waals surface area contributed by atoms with Gasteiger partial charge < -0.3 is 20.4 Å². The Morgan fingerprint density at radius 2 is 1.07 bits per heavy atom. The Balaban J connectivity index is 2.48. The number of phenolic OH excluding ortho intramolecular Hbond substituents is 2. The fourth-order valence-corrected chi connectivity index (χ4v) is 3.45. The number of aryl methyl sites for hydroxylation is 2. The molecule has 0 saturated carbocycles.